The lowest BCUT2D eigenvalue weighted by atomic mass is 9.99. The molecule has 112 valence electrons. The largest absolute Gasteiger partial charge is 0.295 e. The Kier molecular flexibility index (Phi) is 5.28. The van der Waals surface area contributed by atoms with E-state index in [4.69, 9.17) is 0 Å². The fourth-order valence-corrected chi connectivity index (χ4v) is 2.67. The molecule has 1 N–H and O–H groups in total. The first-order valence-electron chi connectivity index (χ1n) is 7.43. The quantitative estimate of drug-likeness (QED) is 0.782. The second kappa shape index (κ2) is 7.18. The maximum atomic E-state index is 11.9. The molecule has 0 saturated heterocycles. The van der Waals surface area contributed by atoms with E-state index < -0.39 is 0 Å². The van der Waals surface area contributed by atoms with Crippen molar-refractivity contribution in [3.05, 3.63) is 47.5 Å². The molecule has 1 aliphatic rings. The summed E-state index contributed by atoms with van der Waals surface area (Å²) in [5.74, 6) is -0.550. The highest BCUT2D eigenvalue weighted by Crippen LogP contribution is 2.21. The highest BCUT2D eigenvalue weighted by atomic mass is 16.2. The number of hydrogen-bond acceptors (Lipinski definition) is 3. The Bertz CT molecular complexity index is 537. The molecule has 1 atom stereocenters. The van der Waals surface area contributed by atoms with E-state index in [2.05, 4.69) is 29.3 Å². The van der Waals surface area contributed by atoms with Crippen molar-refractivity contribution >= 4 is 11.8 Å². The lowest BCUT2D eigenvalue weighted by Crippen LogP contribution is -2.36. The first-order chi connectivity index (χ1) is 10.1. The highest BCUT2D eigenvalue weighted by molar-refractivity contribution is 6.16. The molecule has 0 aromatic heterocycles. The van der Waals surface area contributed by atoms with Crippen molar-refractivity contribution in [3.8, 4) is 0 Å². The van der Waals surface area contributed by atoms with Crippen LogP contribution in [0.25, 0.3) is 0 Å². The summed E-state index contributed by atoms with van der Waals surface area (Å²) < 4.78 is 0. The number of carbonyl (C=O) groups is 2. The predicted molar refractivity (Wildman–Crippen MR) is 82.5 cm³/mol. The van der Waals surface area contributed by atoms with Gasteiger partial charge in [-0.25, -0.2) is 0 Å². The average molecular weight is 286 g/mol. The number of likely N-dealkylation sites (N-methyl/N-ethyl adjacent to an activating group) is 1. The van der Waals surface area contributed by atoms with Crippen molar-refractivity contribution in [2.24, 2.45) is 0 Å². The van der Waals surface area contributed by atoms with Crippen molar-refractivity contribution in [1.29, 1.82) is 0 Å². The van der Waals surface area contributed by atoms with Gasteiger partial charge in [-0.15, -0.1) is 0 Å². The van der Waals surface area contributed by atoms with E-state index in [-0.39, 0.29) is 17.9 Å². The van der Waals surface area contributed by atoms with Crippen molar-refractivity contribution in [2.75, 3.05) is 7.05 Å². The predicted octanol–water partition coefficient (Wildman–Crippen LogP) is 2.26. The Labute approximate surface area is 125 Å². The number of nitrogens with one attached hydrogen (secondary N) is 1. The number of imide groups is 1. The van der Waals surface area contributed by atoms with Crippen molar-refractivity contribution < 1.29 is 9.59 Å². The molecule has 1 unspecified atom stereocenters. The van der Waals surface area contributed by atoms with Crippen molar-refractivity contribution in [3.63, 3.8) is 0 Å². The van der Waals surface area contributed by atoms with Crippen LogP contribution in [0, 0.1) is 0 Å². The van der Waals surface area contributed by atoms with Gasteiger partial charge in [0.25, 0.3) is 11.8 Å². The molecule has 4 heteroatoms. The minimum absolute atomic E-state index is 0.0170. The molecule has 4 nitrogen and oxygen atoms in total. The van der Waals surface area contributed by atoms with Crippen LogP contribution in [-0.2, 0) is 16.1 Å². The summed E-state index contributed by atoms with van der Waals surface area (Å²) in [6.45, 7) is 2.89. The number of rotatable bonds is 7. The summed E-state index contributed by atoms with van der Waals surface area (Å²) >= 11 is 0. The second-order valence-corrected chi connectivity index (χ2v) is 5.48. The lowest BCUT2D eigenvalue weighted by Gasteiger charge is -2.28. The fourth-order valence-electron chi connectivity index (χ4n) is 2.67. The molecule has 0 fully saturated rings. The van der Waals surface area contributed by atoms with E-state index in [1.807, 2.05) is 25.2 Å². The summed E-state index contributed by atoms with van der Waals surface area (Å²) in [7, 11) is 2.00. The van der Waals surface area contributed by atoms with Crippen LogP contribution in [0.1, 0.15) is 31.7 Å². The maximum Gasteiger partial charge on any atom is 0.255 e. The van der Waals surface area contributed by atoms with Gasteiger partial charge in [0.15, 0.2) is 0 Å². The van der Waals surface area contributed by atoms with E-state index in [0.29, 0.717) is 5.57 Å². The van der Waals surface area contributed by atoms with Gasteiger partial charge in [0, 0.05) is 24.2 Å². The monoisotopic (exact) mass is 286 g/mol. The van der Waals surface area contributed by atoms with Crippen LogP contribution >= 0.6 is 0 Å². The topological polar surface area (TPSA) is 49.4 Å². The Morgan fingerprint density at radius 2 is 1.90 bits per heavy atom. The van der Waals surface area contributed by atoms with Crippen molar-refractivity contribution in [2.45, 2.75) is 38.8 Å². The zero-order valence-electron chi connectivity index (χ0n) is 12.6. The molecule has 21 heavy (non-hydrogen) atoms. The van der Waals surface area contributed by atoms with Crippen LogP contribution in [0.2, 0.25) is 0 Å². The third-order valence-electron chi connectivity index (χ3n) is 3.78. The molecule has 0 aliphatic carbocycles. The molecule has 2 amide bonds. The van der Waals surface area contributed by atoms with Crippen LogP contribution in [0.5, 0.6) is 0 Å². The van der Waals surface area contributed by atoms with Crippen LogP contribution in [0.4, 0.5) is 0 Å². The minimum atomic E-state index is -0.301. The first kappa shape index (κ1) is 15.4. The Hall–Kier alpha value is -1.94. The van der Waals surface area contributed by atoms with E-state index in [1.54, 1.807) is 0 Å². The highest BCUT2D eigenvalue weighted by Gasteiger charge is 2.30. The Morgan fingerprint density at radius 1 is 1.19 bits per heavy atom. The van der Waals surface area contributed by atoms with Crippen LogP contribution in [0.15, 0.2) is 42.0 Å². The Balaban J connectivity index is 2.13. The van der Waals surface area contributed by atoms with E-state index >= 15 is 0 Å². The summed E-state index contributed by atoms with van der Waals surface area (Å²) in [6.07, 6.45) is 4.43. The molecular weight excluding hydrogens is 264 g/mol. The number of nitrogens with zero attached hydrogens (tertiary/aromatic N) is 1. The zero-order chi connectivity index (χ0) is 15.2. The second-order valence-electron chi connectivity index (χ2n) is 5.48. The van der Waals surface area contributed by atoms with Crippen LogP contribution in [-0.4, -0.2) is 29.8 Å². The third-order valence-corrected chi connectivity index (χ3v) is 3.78. The molecule has 1 aliphatic heterocycles. The summed E-state index contributed by atoms with van der Waals surface area (Å²) in [5.41, 5.74) is 1.79. The molecule has 0 spiro atoms. The van der Waals surface area contributed by atoms with Gasteiger partial charge in [0.2, 0.25) is 0 Å². The Morgan fingerprint density at radius 3 is 2.48 bits per heavy atom. The first-order valence-corrected chi connectivity index (χ1v) is 7.43. The van der Waals surface area contributed by atoms with Gasteiger partial charge >= 0.3 is 0 Å². The molecule has 1 aromatic carbocycles. The molecule has 0 saturated carbocycles. The molecule has 2 rings (SSSR count). The molecule has 0 bridgehead atoms. The summed E-state index contributed by atoms with van der Waals surface area (Å²) in [5, 5.41) is 2.35. The SMILES string of the molecule is CCCCC(C1=CC(=O)NC1=O)N(C)Cc1ccccc1. The van der Waals surface area contributed by atoms with Gasteiger partial charge < -0.3 is 0 Å². The van der Waals surface area contributed by atoms with Gasteiger partial charge in [-0.3, -0.25) is 19.8 Å². The number of benzene rings is 1. The maximum absolute atomic E-state index is 11.9. The summed E-state index contributed by atoms with van der Waals surface area (Å²) in [4.78, 5) is 25.5. The van der Waals surface area contributed by atoms with E-state index in [9.17, 15) is 9.59 Å². The number of amides is 2. The molecule has 1 heterocycles. The molecular formula is C17H22N2O2. The average Bonchev–Trinajstić information content (AvgIpc) is 2.79. The van der Waals surface area contributed by atoms with Gasteiger partial charge in [0.05, 0.1) is 0 Å². The number of unbranched alkanes of at least 4 members (excludes halogenated alkanes) is 1. The number of carbonyl (C=O) groups excluding carboxylic acids is 2. The standard InChI is InChI=1S/C17H22N2O2/c1-3-4-10-15(14-11-16(20)18-17(14)21)19(2)12-13-8-6-5-7-9-13/h5-9,11,15H,3-4,10,12H2,1-2H3,(H,18,20,21). The van der Waals surface area contributed by atoms with E-state index in [1.165, 1.54) is 11.6 Å². The fraction of sp³-hybridized carbons (Fsp3) is 0.412. The summed E-state index contributed by atoms with van der Waals surface area (Å²) in [6, 6.07) is 10.1. The van der Waals surface area contributed by atoms with Crippen LogP contribution in [0.3, 0.4) is 0 Å². The third kappa shape index (κ3) is 4.02. The van der Waals surface area contributed by atoms with Crippen molar-refractivity contribution in [1.82, 2.24) is 10.2 Å². The minimum Gasteiger partial charge on any atom is -0.295 e. The van der Waals surface area contributed by atoms with Gasteiger partial charge in [0.1, 0.15) is 0 Å². The number of hydrogen-bond donors (Lipinski definition) is 1. The normalized spacial score (nSPS) is 16.0. The molecule has 1 aromatic rings. The van der Waals surface area contributed by atoms with Gasteiger partial charge in [-0.05, 0) is 19.0 Å². The van der Waals surface area contributed by atoms with Gasteiger partial charge in [-0.2, -0.15) is 0 Å². The lowest BCUT2D eigenvalue weighted by molar-refractivity contribution is -0.124. The molecule has 0 radical (unpaired) electrons. The zero-order valence-corrected chi connectivity index (χ0v) is 12.6. The van der Waals surface area contributed by atoms with E-state index in [0.717, 1.165) is 25.8 Å². The van der Waals surface area contributed by atoms with Gasteiger partial charge in [-0.1, -0.05) is 50.1 Å². The smallest absolute Gasteiger partial charge is 0.255 e. The van der Waals surface area contributed by atoms with Crippen LogP contribution < -0.4 is 5.32 Å².